The van der Waals surface area contributed by atoms with Crippen molar-refractivity contribution in [3.8, 4) is 5.75 Å². The van der Waals surface area contributed by atoms with Crippen molar-refractivity contribution in [1.29, 1.82) is 0 Å². The second-order valence-electron chi connectivity index (χ2n) is 5.21. The minimum Gasteiger partial charge on any atom is -0.497 e. The first kappa shape index (κ1) is 18.7. The summed E-state index contributed by atoms with van der Waals surface area (Å²) in [4.78, 5) is 23.5. The van der Waals surface area contributed by atoms with Gasteiger partial charge in [0, 0.05) is 6.54 Å². The number of benzene rings is 2. The molecule has 25 heavy (non-hydrogen) atoms. The van der Waals surface area contributed by atoms with Crippen molar-refractivity contribution in [3.63, 3.8) is 0 Å². The highest BCUT2D eigenvalue weighted by atomic mass is 35.5. The Kier molecular flexibility index (Phi) is 6.77. The van der Waals surface area contributed by atoms with E-state index in [9.17, 15) is 14.0 Å². The highest BCUT2D eigenvalue weighted by Crippen LogP contribution is 2.16. The third-order valence-corrected chi connectivity index (χ3v) is 3.61. The van der Waals surface area contributed by atoms with Crippen molar-refractivity contribution in [3.05, 3.63) is 64.4 Å². The monoisotopic (exact) mass is 365 g/mol. The highest BCUT2D eigenvalue weighted by molar-refractivity contribution is 6.30. The number of amides is 1. The first-order valence-corrected chi connectivity index (χ1v) is 7.85. The van der Waals surface area contributed by atoms with E-state index in [2.05, 4.69) is 5.32 Å². The summed E-state index contributed by atoms with van der Waals surface area (Å²) in [7, 11) is 1.54. The minimum absolute atomic E-state index is 0.0172. The number of hydrogen-bond acceptors (Lipinski definition) is 4. The standard InChI is InChI=1S/C18H17ClFNO4/c1-24-14-4-2-3-12(7-14)9-18(23)25-11-17(22)21-10-13-5-6-16(20)15(19)8-13/h2-8H,9-11H2,1H3,(H,21,22). The molecule has 5 nitrogen and oxygen atoms in total. The van der Waals surface area contributed by atoms with Crippen molar-refractivity contribution in [2.45, 2.75) is 13.0 Å². The number of nitrogens with one attached hydrogen (secondary N) is 1. The van der Waals surface area contributed by atoms with E-state index in [0.29, 0.717) is 11.3 Å². The molecule has 0 fully saturated rings. The molecule has 0 bridgehead atoms. The number of rotatable bonds is 7. The fraction of sp³-hybridized carbons (Fsp3) is 0.222. The second kappa shape index (κ2) is 9.03. The van der Waals surface area contributed by atoms with Crippen molar-refractivity contribution >= 4 is 23.5 Å². The van der Waals surface area contributed by atoms with Gasteiger partial charge in [-0.3, -0.25) is 9.59 Å². The van der Waals surface area contributed by atoms with Gasteiger partial charge in [-0.25, -0.2) is 4.39 Å². The summed E-state index contributed by atoms with van der Waals surface area (Å²) in [5.41, 5.74) is 1.37. The summed E-state index contributed by atoms with van der Waals surface area (Å²) < 4.78 is 23.1. The van der Waals surface area contributed by atoms with Gasteiger partial charge in [-0.1, -0.05) is 29.8 Å². The van der Waals surface area contributed by atoms with Crippen LogP contribution in [0.25, 0.3) is 0 Å². The lowest BCUT2D eigenvalue weighted by atomic mass is 10.1. The fourth-order valence-corrected chi connectivity index (χ4v) is 2.25. The summed E-state index contributed by atoms with van der Waals surface area (Å²) in [6.45, 7) is -0.232. The summed E-state index contributed by atoms with van der Waals surface area (Å²) >= 11 is 5.66. The molecule has 1 amide bonds. The molecule has 2 aromatic carbocycles. The van der Waals surface area contributed by atoms with Crippen LogP contribution in [0.1, 0.15) is 11.1 Å². The average Bonchev–Trinajstić information content (AvgIpc) is 2.61. The molecule has 0 aliphatic heterocycles. The van der Waals surface area contributed by atoms with Gasteiger partial charge in [0.05, 0.1) is 18.6 Å². The summed E-state index contributed by atoms with van der Waals surface area (Å²) in [5, 5.41) is 2.55. The molecule has 2 rings (SSSR count). The van der Waals surface area contributed by atoms with Crippen molar-refractivity contribution < 1.29 is 23.5 Å². The van der Waals surface area contributed by atoms with Crippen LogP contribution in [0.5, 0.6) is 5.75 Å². The topological polar surface area (TPSA) is 64.6 Å². The number of halogens is 2. The van der Waals surface area contributed by atoms with Gasteiger partial charge in [0.25, 0.3) is 5.91 Å². The summed E-state index contributed by atoms with van der Waals surface area (Å²) in [6.07, 6.45) is 0.0397. The third kappa shape index (κ3) is 6.08. The molecule has 0 unspecified atom stereocenters. The maximum Gasteiger partial charge on any atom is 0.310 e. The quantitative estimate of drug-likeness (QED) is 0.766. The van der Waals surface area contributed by atoms with Gasteiger partial charge >= 0.3 is 5.97 Å². The number of ether oxygens (including phenoxy) is 2. The van der Waals surface area contributed by atoms with Crippen LogP contribution in [-0.4, -0.2) is 25.6 Å². The predicted octanol–water partition coefficient (Wildman–Crippen LogP) is 2.89. The van der Waals surface area contributed by atoms with E-state index in [4.69, 9.17) is 21.1 Å². The van der Waals surface area contributed by atoms with E-state index >= 15 is 0 Å². The molecule has 0 heterocycles. The van der Waals surface area contributed by atoms with Gasteiger partial charge in [-0.2, -0.15) is 0 Å². The number of hydrogen-bond donors (Lipinski definition) is 1. The van der Waals surface area contributed by atoms with E-state index in [1.165, 1.54) is 25.3 Å². The largest absolute Gasteiger partial charge is 0.497 e. The Morgan fingerprint density at radius 3 is 2.68 bits per heavy atom. The fourth-order valence-electron chi connectivity index (χ4n) is 2.05. The lowest BCUT2D eigenvalue weighted by Crippen LogP contribution is -2.28. The molecule has 0 atom stereocenters. The number of carbonyl (C=O) groups is 2. The normalized spacial score (nSPS) is 10.2. The lowest BCUT2D eigenvalue weighted by molar-refractivity contribution is -0.147. The molecule has 2 aromatic rings. The molecule has 132 valence electrons. The molecule has 0 saturated heterocycles. The maximum atomic E-state index is 13.0. The van der Waals surface area contributed by atoms with Gasteiger partial charge in [0.1, 0.15) is 11.6 Å². The Labute approximate surface area is 149 Å². The van der Waals surface area contributed by atoms with Crippen molar-refractivity contribution in [1.82, 2.24) is 5.32 Å². The zero-order valence-electron chi connectivity index (χ0n) is 13.6. The summed E-state index contributed by atoms with van der Waals surface area (Å²) in [5.74, 6) is -0.864. The SMILES string of the molecule is COc1cccc(CC(=O)OCC(=O)NCc2ccc(F)c(Cl)c2)c1. The van der Waals surface area contributed by atoms with Crippen LogP contribution in [0.2, 0.25) is 5.02 Å². The first-order valence-electron chi connectivity index (χ1n) is 7.47. The average molecular weight is 366 g/mol. The smallest absolute Gasteiger partial charge is 0.310 e. The zero-order valence-corrected chi connectivity index (χ0v) is 14.3. The molecule has 0 aliphatic rings. The molecular weight excluding hydrogens is 349 g/mol. The van der Waals surface area contributed by atoms with Gasteiger partial charge in [0.2, 0.25) is 0 Å². The van der Waals surface area contributed by atoms with E-state index in [1.54, 1.807) is 24.3 Å². The lowest BCUT2D eigenvalue weighted by Gasteiger charge is -2.08. The Balaban J connectivity index is 1.75. The van der Waals surface area contributed by atoms with E-state index < -0.39 is 24.3 Å². The Morgan fingerprint density at radius 2 is 1.96 bits per heavy atom. The van der Waals surface area contributed by atoms with E-state index in [1.807, 2.05) is 0 Å². The Hall–Kier alpha value is -2.60. The second-order valence-corrected chi connectivity index (χ2v) is 5.62. The number of methoxy groups -OCH3 is 1. The van der Waals surface area contributed by atoms with Crippen LogP contribution >= 0.6 is 11.6 Å². The van der Waals surface area contributed by atoms with Crippen molar-refractivity contribution in [2.75, 3.05) is 13.7 Å². The van der Waals surface area contributed by atoms with Gasteiger partial charge < -0.3 is 14.8 Å². The minimum atomic E-state index is -0.525. The van der Waals surface area contributed by atoms with Crippen LogP contribution < -0.4 is 10.1 Å². The summed E-state index contributed by atoms with van der Waals surface area (Å²) in [6, 6.07) is 11.2. The molecule has 0 spiro atoms. The van der Waals surface area contributed by atoms with Gasteiger partial charge in [-0.05, 0) is 35.4 Å². The van der Waals surface area contributed by atoms with E-state index in [-0.39, 0.29) is 18.0 Å². The van der Waals surface area contributed by atoms with E-state index in [0.717, 1.165) is 5.56 Å². The molecule has 7 heteroatoms. The number of esters is 1. The Morgan fingerprint density at radius 1 is 1.16 bits per heavy atom. The zero-order chi connectivity index (χ0) is 18.2. The third-order valence-electron chi connectivity index (χ3n) is 3.32. The van der Waals surface area contributed by atoms with Gasteiger partial charge in [-0.15, -0.1) is 0 Å². The highest BCUT2D eigenvalue weighted by Gasteiger charge is 2.09. The molecule has 1 N–H and O–H groups in total. The molecular formula is C18H17ClFNO4. The molecule has 0 aromatic heterocycles. The van der Waals surface area contributed by atoms with Crippen LogP contribution in [0.3, 0.4) is 0 Å². The maximum absolute atomic E-state index is 13.0. The Bertz CT molecular complexity index is 766. The molecule has 0 saturated carbocycles. The van der Waals surface area contributed by atoms with Crippen LogP contribution in [-0.2, 0) is 27.3 Å². The molecule has 0 radical (unpaired) electrons. The van der Waals surface area contributed by atoms with Crippen LogP contribution in [0.15, 0.2) is 42.5 Å². The predicted molar refractivity (Wildman–Crippen MR) is 90.9 cm³/mol. The van der Waals surface area contributed by atoms with Crippen LogP contribution in [0.4, 0.5) is 4.39 Å². The van der Waals surface area contributed by atoms with Gasteiger partial charge in [0.15, 0.2) is 6.61 Å². The first-order chi connectivity index (χ1) is 12.0. The van der Waals surface area contributed by atoms with Crippen LogP contribution in [0, 0.1) is 5.82 Å². The molecule has 0 aliphatic carbocycles. The number of carbonyl (C=O) groups excluding carboxylic acids is 2. The van der Waals surface area contributed by atoms with Crippen molar-refractivity contribution in [2.24, 2.45) is 0 Å².